The number of carbonyl (C=O) groups is 1. The number of esters is 1. The second-order valence-electron chi connectivity index (χ2n) is 3.92. The summed E-state index contributed by atoms with van der Waals surface area (Å²) >= 11 is 0. The fourth-order valence-corrected chi connectivity index (χ4v) is 2.89. The van der Waals surface area contributed by atoms with Crippen LogP contribution >= 0.6 is 0 Å². The van der Waals surface area contributed by atoms with Gasteiger partial charge in [0, 0.05) is 24.5 Å². The molecule has 1 aromatic rings. The first-order valence-electron chi connectivity index (χ1n) is 6.16. The van der Waals surface area contributed by atoms with Gasteiger partial charge in [-0.15, -0.1) is 0 Å². The van der Waals surface area contributed by atoms with Gasteiger partial charge < -0.3 is 10.5 Å². The van der Waals surface area contributed by atoms with Gasteiger partial charge in [-0.2, -0.15) is 4.31 Å². The van der Waals surface area contributed by atoms with Crippen molar-refractivity contribution in [3.8, 4) is 11.8 Å². The summed E-state index contributed by atoms with van der Waals surface area (Å²) < 4.78 is 30.4. The Morgan fingerprint density at radius 3 is 2.76 bits per heavy atom. The van der Waals surface area contributed by atoms with Gasteiger partial charge >= 0.3 is 5.97 Å². The van der Waals surface area contributed by atoms with E-state index in [2.05, 4.69) is 21.6 Å². The van der Waals surface area contributed by atoms with Crippen LogP contribution < -0.4 is 5.73 Å². The molecule has 0 atom stereocenters. The topological polar surface area (TPSA) is 103 Å². The maximum atomic E-state index is 12.4. The Bertz CT molecular complexity index is 661. The average Bonchev–Trinajstić information content (AvgIpc) is 2.50. The summed E-state index contributed by atoms with van der Waals surface area (Å²) in [4.78, 5) is 15.1. The van der Waals surface area contributed by atoms with Gasteiger partial charge in [0.1, 0.15) is 11.4 Å². The van der Waals surface area contributed by atoms with Crippen molar-refractivity contribution in [2.75, 3.05) is 26.7 Å². The zero-order chi connectivity index (χ0) is 15.9. The number of pyridine rings is 1. The van der Waals surface area contributed by atoms with Gasteiger partial charge in [-0.3, -0.25) is 9.78 Å². The molecule has 0 bridgehead atoms. The molecule has 114 valence electrons. The van der Waals surface area contributed by atoms with Crippen molar-refractivity contribution in [1.82, 2.24) is 9.29 Å². The number of nitrogens with two attached hydrogens (primary N) is 1. The van der Waals surface area contributed by atoms with Crippen LogP contribution in [0, 0.1) is 11.8 Å². The minimum Gasteiger partial charge on any atom is -0.468 e. The van der Waals surface area contributed by atoms with Gasteiger partial charge in [0.15, 0.2) is 0 Å². The number of hydrogen-bond donors (Lipinski definition) is 1. The van der Waals surface area contributed by atoms with Crippen molar-refractivity contribution in [1.29, 1.82) is 0 Å². The lowest BCUT2D eigenvalue weighted by Gasteiger charge is -2.18. The first kappa shape index (κ1) is 17.1. The van der Waals surface area contributed by atoms with E-state index in [0.29, 0.717) is 5.56 Å². The van der Waals surface area contributed by atoms with Crippen molar-refractivity contribution in [3.05, 3.63) is 24.0 Å². The number of nitrogens with zero attached hydrogens (tertiary/aromatic N) is 2. The summed E-state index contributed by atoms with van der Waals surface area (Å²) in [6.45, 7) is 1.58. The van der Waals surface area contributed by atoms with Crippen molar-refractivity contribution in [2.24, 2.45) is 5.73 Å². The molecule has 0 aliphatic carbocycles. The molecule has 0 spiro atoms. The molecule has 1 heterocycles. The quantitative estimate of drug-likeness (QED) is 0.585. The SMILES string of the molecule is CCN(CC(=O)OC)S(=O)(=O)c1cncc(C#CCN)c1. The van der Waals surface area contributed by atoms with Crippen molar-refractivity contribution < 1.29 is 17.9 Å². The molecule has 0 aliphatic heterocycles. The van der Waals surface area contributed by atoms with Crippen molar-refractivity contribution in [3.63, 3.8) is 0 Å². The molecule has 0 fully saturated rings. The summed E-state index contributed by atoms with van der Waals surface area (Å²) in [5.41, 5.74) is 5.71. The lowest BCUT2D eigenvalue weighted by molar-refractivity contribution is -0.140. The normalized spacial score (nSPS) is 10.9. The highest BCUT2D eigenvalue weighted by atomic mass is 32.2. The van der Waals surface area contributed by atoms with E-state index in [0.717, 1.165) is 4.31 Å². The van der Waals surface area contributed by atoms with Crippen molar-refractivity contribution in [2.45, 2.75) is 11.8 Å². The van der Waals surface area contributed by atoms with Crippen LogP contribution in [-0.4, -0.2) is 50.4 Å². The van der Waals surface area contributed by atoms with E-state index >= 15 is 0 Å². The first-order chi connectivity index (χ1) is 9.95. The molecule has 0 saturated carbocycles. The molecule has 21 heavy (non-hydrogen) atoms. The highest BCUT2D eigenvalue weighted by molar-refractivity contribution is 7.89. The molecule has 7 nitrogen and oxygen atoms in total. The van der Waals surface area contributed by atoms with E-state index < -0.39 is 16.0 Å². The Kier molecular flexibility index (Phi) is 6.30. The predicted molar refractivity (Wildman–Crippen MR) is 76.6 cm³/mol. The summed E-state index contributed by atoms with van der Waals surface area (Å²) in [7, 11) is -2.63. The van der Waals surface area contributed by atoms with E-state index in [4.69, 9.17) is 5.73 Å². The zero-order valence-electron chi connectivity index (χ0n) is 11.9. The van der Waals surface area contributed by atoms with E-state index in [9.17, 15) is 13.2 Å². The largest absolute Gasteiger partial charge is 0.468 e. The number of aromatic nitrogens is 1. The summed E-state index contributed by atoms with van der Waals surface area (Å²) in [5, 5.41) is 0. The van der Waals surface area contributed by atoms with Crippen LogP contribution in [0.25, 0.3) is 0 Å². The Morgan fingerprint density at radius 2 is 2.19 bits per heavy atom. The van der Waals surface area contributed by atoms with Crippen LogP contribution in [-0.2, 0) is 19.6 Å². The average molecular weight is 311 g/mol. The minimum absolute atomic E-state index is 0.0305. The van der Waals surface area contributed by atoms with Gasteiger partial charge in [-0.05, 0) is 6.07 Å². The fraction of sp³-hybridized carbons (Fsp3) is 0.385. The van der Waals surface area contributed by atoms with Gasteiger partial charge in [0.05, 0.1) is 13.7 Å². The molecule has 0 aromatic carbocycles. The van der Waals surface area contributed by atoms with Crippen LogP contribution in [0.5, 0.6) is 0 Å². The third-order valence-electron chi connectivity index (χ3n) is 2.57. The Hall–Kier alpha value is -1.95. The van der Waals surface area contributed by atoms with E-state index in [1.165, 1.54) is 25.6 Å². The van der Waals surface area contributed by atoms with Gasteiger partial charge in [-0.25, -0.2) is 8.42 Å². The molecular formula is C13H17N3O4S. The van der Waals surface area contributed by atoms with E-state index in [1.807, 2.05) is 0 Å². The second-order valence-corrected chi connectivity index (χ2v) is 5.86. The monoisotopic (exact) mass is 311 g/mol. The number of rotatable bonds is 5. The summed E-state index contributed by atoms with van der Waals surface area (Å²) in [5.74, 6) is 4.70. The lowest BCUT2D eigenvalue weighted by atomic mass is 10.3. The Labute approximate surface area is 124 Å². The summed E-state index contributed by atoms with van der Waals surface area (Å²) in [6, 6.07) is 1.39. The first-order valence-corrected chi connectivity index (χ1v) is 7.60. The van der Waals surface area contributed by atoms with Crippen molar-refractivity contribution >= 4 is 16.0 Å². The van der Waals surface area contributed by atoms with Crippen LogP contribution in [0.2, 0.25) is 0 Å². The smallest absolute Gasteiger partial charge is 0.321 e. The molecular weight excluding hydrogens is 294 g/mol. The number of carbonyl (C=O) groups excluding carboxylic acids is 1. The van der Waals surface area contributed by atoms with Gasteiger partial charge in [-0.1, -0.05) is 18.8 Å². The number of hydrogen-bond acceptors (Lipinski definition) is 6. The minimum atomic E-state index is -3.83. The molecule has 1 rings (SSSR count). The number of likely N-dealkylation sites (N-methyl/N-ethyl adjacent to an activating group) is 1. The Balaban J connectivity index is 3.13. The molecule has 0 aliphatic rings. The lowest BCUT2D eigenvalue weighted by Crippen LogP contribution is -2.36. The van der Waals surface area contributed by atoms with Crippen LogP contribution in [0.15, 0.2) is 23.4 Å². The molecule has 0 amide bonds. The molecule has 2 N–H and O–H groups in total. The van der Waals surface area contributed by atoms with Crippen LogP contribution in [0.3, 0.4) is 0 Å². The predicted octanol–water partition coefficient (Wildman–Crippen LogP) is -0.425. The van der Waals surface area contributed by atoms with Gasteiger partial charge in [0.25, 0.3) is 0 Å². The maximum absolute atomic E-state index is 12.4. The second kappa shape index (κ2) is 7.73. The third-order valence-corrected chi connectivity index (χ3v) is 4.46. The van der Waals surface area contributed by atoms with Gasteiger partial charge in [0.2, 0.25) is 10.0 Å². The molecule has 8 heteroatoms. The highest BCUT2D eigenvalue weighted by Gasteiger charge is 2.26. The number of sulfonamides is 1. The molecule has 0 saturated heterocycles. The van der Waals surface area contributed by atoms with E-state index in [-0.39, 0.29) is 24.5 Å². The zero-order valence-corrected chi connectivity index (χ0v) is 12.7. The molecule has 0 radical (unpaired) electrons. The standard InChI is InChI=1S/C13H17N3O4S/c1-3-16(10-13(17)20-2)21(18,19)12-7-11(5-4-6-14)8-15-9-12/h7-9H,3,6,10,14H2,1-2H3. The number of methoxy groups -OCH3 is 1. The highest BCUT2D eigenvalue weighted by Crippen LogP contribution is 2.15. The van der Waals surface area contributed by atoms with E-state index in [1.54, 1.807) is 6.92 Å². The maximum Gasteiger partial charge on any atom is 0.321 e. The number of ether oxygens (including phenoxy) is 1. The van der Waals surface area contributed by atoms with Crippen LogP contribution in [0.1, 0.15) is 12.5 Å². The Morgan fingerprint density at radius 1 is 1.48 bits per heavy atom. The van der Waals surface area contributed by atoms with Crippen LogP contribution in [0.4, 0.5) is 0 Å². The molecule has 1 aromatic heterocycles. The fourth-order valence-electron chi connectivity index (χ4n) is 1.51. The molecule has 0 unspecified atom stereocenters. The summed E-state index contributed by atoms with van der Waals surface area (Å²) in [6.07, 6.45) is 2.65. The third kappa shape index (κ3) is 4.53.